The second-order valence-corrected chi connectivity index (χ2v) is 5.75. The van der Waals surface area contributed by atoms with Crippen LogP contribution in [0.15, 0.2) is 16.5 Å². The molecule has 2 atom stereocenters. The summed E-state index contributed by atoms with van der Waals surface area (Å²) in [4.78, 5) is 14.2. The maximum atomic E-state index is 12.4. The van der Waals surface area contributed by atoms with Gasteiger partial charge in [-0.2, -0.15) is 0 Å². The van der Waals surface area contributed by atoms with Crippen LogP contribution in [0.3, 0.4) is 0 Å². The molecular weight excluding hydrogens is 284 g/mol. The van der Waals surface area contributed by atoms with Gasteiger partial charge in [0.1, 0.15) is 17.6 Å². The summed E-state index contributed by atoms with van der Waals surface area (Å²) in [5.74, 6) is 1.78. The molecule has 0 spiro atoms. The molecular formula is C16H26N2O4. The molecule has 1 aliphatic rings. The number of furan rings is 1. The Labute approximate surface area is 131 Å². The standard InChI is InChI=1S/C16H26N2O4/c1-3-13-6-7-15(22-13)14(11-21-2)17-16(20)18-8-4-5-12(9-18)10-19/h6-7,12,14,19H,3-5,8-11H2,1-2H3,(H,17,20)/t12-,14-/m0/s1. The fraction of sp³-hybridized carbons (Fsp3) is 0.688. The molecule has 2 rings (SSSR count). The lowest BCUT2D eigenvalue weighted by Crippen LogP contribution is -2.47. The van der Waals surface area contributed by atoms with Gasteiger partial charge in [-0.15, -0.1) is 0 Å². The number of likely N-dealkylation sites (tertiary alicyclic amines) is 1. The van der Waals surface area contributed by atoms with Gasteiger partial charge in [0.05, 0.1) is 6.61 Å². The fourth-order valence-electron chi connectivity index (χ4n) is 2.77. The van der Waals surface area contributed by atoms with Gasteiger partial charge >= 0.3 is 6.03 Å². The van der Waals surface area contributed by atoms with Gasteiger partial charge in [-0.1, -0.05) is 6.92 Å². The highest BCUT2D eigenvalue weighted by Gasteiger charge is 2.26. The number of methoxy groups -OCH3 is 1. The molecule has 1 fully saturated rings. The van der Waals surface area contributed by atoms with E-state index in [0.717, 1.165) is 31.6 Å². The SMILES string of the molecule is CCc1ccc([C@H](COC)NC(=O)N2CCC[C@H](CO)C2)o1. The number of carbonyl (C=O) groups is 1. The van der Waals surface area contributed by atoms with Crippen LogP contribution >= 0.6 is 0 Å². The number of nitrogens with one attached hydrogen (secondary N) is 1. The highest BCUT2D eigenvalue weighted by molar-refractivity contribution is 5.74. The van der Waals surface area contributed by atoms with Crippen LogP contribution < -0.4 is 5.32 Å². The number of carbonyl (C=O) groups excluding carboxylic acids is 1. The van der Waals surface area contributed by atoms with Gasteiger partial charge in [0.25, 0.3) is 0 Å². The quantitative estimate of drug-likeness (QED) is 0.842. The first-order valence-electron chi connectivity index (χ1n) is 7.91. The largest absolute Gasteiger partial charge is 0.464 e. The Morgan fingerprint density at radius 3 is 3.05 bits per heavy atom. The van der Waals surface area contributed by atoms with Gasteiger partial charge in [0.2, 0.25) is 0 Å². The Balaban J connectivity index is 1.99. The molecule has 22 heavy (non-hydrogen) atoms. The molecule has 1 saturated heterocycles. The number of hydrogen-bond donors (Lipinski definition) is 2. The molecule has 6 nitrogen and oxygen atoms in total. The van der Waals surface area contributed by atoms with Crippen molar-refractivity contribution in [2.75, 3.05) is 33.4 Å². The molecule has 0 radical (unpaired) electrons. The smallest absolute Gasteiger partial charge is 0.318 e. The predicted molar refractivity (Wildman–Crippen MR) is 82.6 cm³/mol. The molecule has 1 aromatic heterocycles. The maximum absolute atomic E-state index is 12.4. The van der Waals surface area contributed by atoms with Gasteiger partial charge in [-0.25, -0.2) is 4.79 Å². The molecule has 2 amide bonds. The van der Waals surface area contributed by atoms with Crippen molar-refractivity contribution in [2.45, 2.75) is 32.2 Å². The molecule has 1 aromatic rings. The molecule has 0 unspecified atom stereocenters. The van der Waals surface area contributed by atoms with Crippen LogP contribution in [0.2, 0.25) is 0 Å². The van der Waals surface area contributed by atoms with Crippen molar-refractivity contribution in [3.8, 4) is 0 Å². The number of rotatable bonds is 6. The van der Waals surface area contributed by atoms with Crippen molar-refractivity contribution in [1.29, 1.82) is 0 Å². The Morgan fingerprint density at radius 2 is 2.41 bits per heavy atom. The van der Waals surface area contributed by atoms with Crippen LogP contribution in [-0.2, 0) is 11.2 Å². The summed E-state index contributed by atoms with van der Waals surface area (Å²) >= 11 is 0. The first-order chi connectivity index (χ1) is 10.7. The molecule has 1 aliphatic heterocycles. The maximum Gasteiger partial charge on any atom is 0.318 e. The van der Waals surface area contributed by atoms with Crippen molar-refractivity contribution < 1.29 is 19.1 Å². The van der Waals surface area contributed by atoms with E-state index in [1.165, 1.54) is 0 Å². The van der Waals surface area contributed by atoms with Crippen LogP contribution in [0.4, 0.5) is 4.79 Å². The summed E-state index contributed by atoms with van der Waals surface area (Å²) in [6, 6.07) is 3.38. The van der Waals surface area contributed by atoms with Crippen LogP contribution in [-0.4, -0.2) is 49.5 Å². The highest BCUT2D eigenvalue weighted by Crippen LogP contribution is 2.20. The normalized spacial score (nSPS) is 20.0. The minimum Gasteiger partial charge on any atom is -0.464 e. The van der Waals surface area contributed by atoms with Crippen LogP contribution in [0.1, 0.15) is 37.3 Å². The summed E-state index contributed by atoms with van der Waals surface area (Å²) in [6.45, 7) is 3.83. The molecule has 6 heteroatoms. The number of urea groups is 1. The van der Waals surface area contributed by atoms with Crippen molar-refractivity contribution in [2.24, 2.45) is 5.92 Å². The van der Waals surface area contributed by atoms with Gasteiger partial charge in [0.15, 0.2) is 0 Å². The second kappa shape index (κ2) is 8.19. The van der Waals surface area contributed by atoms with Crippen molar-refractivity contribution >= 4 is 6.03 Å². The third-order valence-electron chi connectivity index (χ3n) is 4.07. The number of nitrogens with zero attached hydrogens (tertiary/aromatic N) is 1. The summed E-state index contributed by atoms with van der Waals surface area (Å²) in [5, 5.41) is 12.2. The third kappa shape index (κ3) is 4.24. The summed E-state index contributed by atoms with van der Waals surface area (Å²) < 4.78 is 10.9. The number of amides is 2. The molecule has 0 aliphatic carbocycles. The van der Waals surface area contributed by atoms with Gasteiger partial charge in [-0.3, -0.25) is 0 Å². The Kier molecular flexibility index (Phi) is 6.27. The van der Waals surface area contributed by atoms with Crippen molar-refractivity contribution in [3.05, 3.63) is 23.7 Å². The minimum absolute atomic E-state index is 0.128. The minimum atomic E-state index is -0.299. The van der Waals surface area contributed by atoms with E-state index in [2.05, 4.69) is 5.32 Å². The van der Waals surface area contributed by atoms with E-state index in [-0.39, 0.29) is 24.6 Å². The number of piperidine rings is 1. The van der Waals surface area contributed by atoms with E-state index in [0.29, 0.717) is 18.9 Å². The van der Waals surface area contributed by atoms with Gasteiger partial charge in [0, 0.05) is 33.2 Å². The zero-order valence-corrected chi connectivity index (χ0v) is 13.4. The lowest BCUT2D eigenvalue weighted by atomic mass is 9.99. The van der Waals surface area contributed by atoms with Gasteiger partial charge < -0.3 is 24.5 Å². The Morgan fingerprint density at radius 1 is 1.59 bits per heavy atom. The molecule has 0 aromatic carbocycles. The van der Waals surface area contributed by atoms with Crippen molar-refractivity contribution in [1.82, 2.24) is 10.2 Å². The monoisotopic (exact) mass is 310 g/mol. The zero-order chi connectivity index (χ0) is 15.9. The molecule has 2 N–H and O–H groups in total. The van der Waals surface area contributed by atoms with Crippen molar-refractivity contribution in [3.63, 3.8) is 0 Å². The lowest BCUT2D eigenvalue weighted by molar-refractivity contribution is 0.118. The van der Waals surface area contributed by atoms with E-state index in [4.69, 9.17) is 9.15 Å². The molecule has 124 valence electrons. The van der Waals surface area contributed by atoms with Crippen LogP contribution in [0, 0.1) is 5.92 Å². The first kappa shape index (κ1) is 16.8. The number of ether oxygens (including phenoxy) is 1. The van der Waals surface area contributed by atoms with E-state index < -0.39 is 0 Å². The topological polar surface area (TPSA) is 74.9 Å². The number of aliphatic hydroxyl groups is 1. The zero-order valence-electron chi connectivity index (χ0n) is 13.4. The van der Waals surface area contributed by atoms with E-state index in [1.54, 1.807) is 12.0 Å². The molecule has 0 bridgehead atoms. The predicted octanol–water partition coefficient (Wildman–Crippen LogP) is 1.94. The Bertz CT molecular complexity index is 474. The highest BCUT2D eigenvalue weighted by atomic mass is 16.5. The van der Waals surface area contributed by atoms with E-state index in [1.807, 2.05) is 19.1 Å². The van der Waals surface area contributed by atoms with E-state index in [9.17, 15) is 9.90 Å². The molecule has 2 heterocycles. The number of hydrogen-bond acceptors (Lipinski definition) is 4. The second-order valence-electron chi connectivity index (χ2n) is 5.75. The van der Waals surface area contributed by atoms with Gasteiger partial charge in [-0.05, 0) is 30.9 Å². The third-order valence-corrected chi connectivity index (χ3v) is 4.07. The average molecular weight is 310 g/mol. The average Bonchev–Trinajstić information content (AvgIpc) is 3.03. The van der Waals surface area contributed by atoms with Crippen LogP contribution in [0.5, 0.6) is 0 Å². The fourth-order valence-corrected chi connectivity index (χ4v) is 2.77. The van der Waals surface area contributed by atoms with Crippen LogP contribution in [0.25, 0.3) is 0 Å². The lowest BCUT2D eigenvalue weighted by Gasteiger charge is -2.32. The number of aryl methyl sites for hydroxylation is 1. The number of aliphatic hydroxyl groups excluding tert-OH is 1. The first-order valence-corrected chi connectivity index (χ1v) is 7.91. The molecule has 0 saturated carbocycles. The summed E-state index contributed by atoms with van der Waals surface area (Å²) in [6.07, 6.45) is 2.71. The Hall–Kier alpha value is -1.53. The van der Waals surface area contributed by atoms with E-state index >= 15 is 0 Å². The summed E-state index contributed by atoms with van der Waals surface area (Å²) in [5.41, 5.74) is 0. The summed E-state index contributed by atoms with van der Waals surface area (Å²) in [7, 11) is 1.60.